The Labute approximate surface area is 113 Å². The molecular formula is C15H21FN2O. The van der Waals surface area contributed by atoms with Crippen LogP contribution in [-0.4, -0.2) is 42.2 Å². The lowest BCUT2D eigenvalue weighted by Gasteiger charge is -2.24. The average molecular weight is 264 g/mol. The summed E-state index contributed by atoms with van der Waals surface area (Å²) in [6.07, 6.45) is 3.78. The number of halogens is 1. The predicted molar refractivity (Wildman–Crippen MR) is 73.7 cm³/mol. The normalized spacial score (nSPS) is 24.3. The highest BCUT2D eigenvalue weighted by Gasteiger charge is 2.29. The molecule has 0 aromatic heterocycles. The molecule has 19 heavy (non-hydrogen) atoms. The number of anilines is 1. The van der Waals surface area contributed by atoms with Crippen molar-refractivity contribution in [1.82, 2.24) is 4.90 Å². The Balaban J connectivity index is 1.71. The Hall–Kier alpha value is -1.13. The minimum atomic E-state index is -0.258. The third-order valence-electron chi connectivity index (χ3n) is 4.31. The van der Waals surface area contributed by atoms with E-state index in [0.717, 1.165) is 25.2 Å². The van der Waals surface area contributed by atoms with E-state index in [1.54, 1.807) is 6.07 Å². The molecule has 1 atom stereocenters. The van der Waals surface area contributed by atoms with Gasteiger partial charge in [0.25, 0.3) is 0 Å². The average Bonchev–Trinajstić information content (AvgIpc) is 3.08. The molecule has 0 aliphatic carbocycles. The van der Waals surface area contributed by atoms with Gasteiger partial charge in [-0.2, -0.15) is 0 Å². The van der Waals surface area contributed by atoms with E-state index in [-0.39, 0.29) is 12.4 Å². The number of hydrogen-bond acceptors (Lipinski definition) is 3. The van der Waals surface area contributed by atoms with Crippen LogP contribution in [-0.2, 0) is 6.61 Å². The smallest absolute Gasteiger partial charge is 0.125 e. The Morgan fingerprint density at radius 3 is 2.68 bits per heavy atom. The predicted octanol–water partition coefficient (Wildman–Crippen LogP) is 1.99. The van der Waals surface area contributed by atoms with Crippen LogP contribution in [0.1, 0.15) is 24.8 Å². The second-order valence-corrected chi connectivity index (χ2v) is 5.61. The fourth-order valence-electron chi connectivity index (χ4n) is 3.29. The molecule has 1 unspecified atom stereocenters. The molecule has 0 radical (unpaired) electrons. The van der Waals surface area contributed by atoms with Gasteiger partial charge in [0, 0.05) is 24.8 Å². The number of nitrogens with zero attached hydrogens (tertiary/aromatic N) is 2. The van der Waals surface area contributed by atoms with Crippen LogP contribution in [0.4, 0.5) is 10.1 Å². The Morgan fingerprint density at radius 2 is 1.95 bits per heavy atom. The molecule has 104 valence electrons. The lowest BCUT2D eigenvalue weighted by Crippen LogP contribution is -2.35. The first-order valence-electron chi connectivity index (χ1n) is 7.15. The fourth-order valence-corrected chi connectivity index (χ4v) is 3.29. The van der Waals surface area contributed by atoms with Gasteiger partial charge in [0.2, 0.25) is 0 Å². The van der Waals surface area contributed by atoms with Crippen molar-refractivity contribution in [2.45, 2.75) is 31.9 Å². The SMILES string of the molecule is OCc1cc(F)cc(N2CCC(N3CCCC3)C2)c1. The quantitative estimate of drug-likeness (QED) is 0.904. The molecule has 1 aromatic rings. The molecule has 1 N–H and O–H groups in total. The molecule has 3 rings (SSSR count). The van der Waals surface area contributed by atoms with E-state index in [0.29, 0.717) is 11.6 Å². The van der Waals surface area contributed by atoms with Crippen LogP contribution in [0.5, 0.6) is 0 Å². The van der Waals surface area contributed by atoms with Gasteiger partial charge in [0.15, 0.2) is 0 Å². The van der Waals surface area contributed by atoms with E-state index in [4.69, 9.17) is 5.11 Å². The molecule has 4 heteroatoms. The lowest BCUT2D eigenvalue weighted by atomic mass is 10.2. The van der Waals surface area contributed by atoms with Crippen LogP contribution in [0, 0.1) is 5.82 Å². The lowest BCUT2D eigenvalue weighted by molar-refractivity contribution is 0.260. The van der Waals surface area contributed by atoms with Gasteiger partial charge >= 0.3 is 0 Å². The van der Waals surface area contributed by atoms with Crippen molar-refractivity contribution in [2.24, 2.45) is 0 Å². The minimum absolute atomic E-state index is 0.103. The zero-order valence-corrected chi connectivity index (χ0v) is 11.2. The third kappa shape index (κ3) is 2.74. The first kappa shape index (κ1) is 12.9. The van der Waals surface area contributed by atoms with Crippen molar-refractivity contribution in [2.75, 3.05) is 31.1 Å². The number of aliphatic hydroxyl groups excluding tert-OH is 1. The summed E-state index contributed by atoms with van der Waals surface area (Å²) in [7, 11) is 0. The zero-order chi connectivity index (χ0) is 13.2. The second kappa shape index (κ2) is 5.47. The zero-order valence-electron chi connectivity index (χ0n) is 11.2. The summed E-state index contributed by atoms with van der Waals surface area (Å²) in [6.45, 7) is 4.28. The third-order valence-corrected chi connectivity index (χ3v) is 4.31. The largest absolute Gasteiger partial charge is 0.392 e. The second-order valence-electron chi connectivity index (χ2n) is 5.61. The van der Waals surface area contributed by atoms with Gasteiger partial charge in [0.1, 0.15) is 5.82 Å². The topological polar surface area (TPSA) is 26.7 Å². The molecule has 1 aromatic carbocycles. The Kier molecular flexibility index (Phi) is 3.71. The molecule has 0 spiro atoms. The van der Waals surface area contributed by atoms with Gasteiger partial charge in [-0.1, -0.05) is 0 Å². The Morgan fingerprint density at radius 1 is 1.16 bits per heavy atom. The van der Waals surface area contributed by atoms with Gasteiger partial charge in [-0.05, 0) is 56.1 Å². The maximum absolute atomic E-state index is 13.5. The molecule has 2 aliphatic heterocycles. The number of rotatable bonds is 3. The van der Waals surface area contributed by atoms with Gasteiger partial charge in [0.05, 0.1) is 6.61 Å². The molecule has 2 heterocycles. The first-order chi connectivity index (χ1) is 9.26. The molecule has 0 saturated carbocycles. The monoisotopic (exact) mass is 264 g/mol. The highest BCUT2D eigenvalue weighted by atomic mass is 19.1. The van der Waals surface area contributed by atoms with Gasteiger partial charge in [-0.15, -0.1) is 0 Å². The van der Waals surface area contributed by atoms with Crippen molar-refractivity contribution in [3.05, 3.63) is 29.6 Å². The molecule has 2 fully saturated rings. The minimum Gasteiger partial charge on any atom is -0.392 e. The van der Waals surface area contributed by atoms with Crippen LogP contribution < -0.4 is 4.90 Å². The van der Waals surface area contributed by atoms with E-state index in [2.05, 4.69) is 9.80 Å². The summed E-state index contributed by atoms with van der Waals surface area (Å²) >= 11 is 0. The highest BCUT2D eigenvalue weighted by molar-refractivity contribution is 5.50. The molecular weight excluding hydrogens is 243 g/mol. The molecule has 0 amide bonds. The van der Waals surface area contributed by atoms with Gasteiger partial charge in [-0.25, -0.2) is 4.39 Å². The van der Waals surface area contributed by atoms with Crippen LogP contribution in [0.2, 0.25) is 0 Å². The van der Waals surface area contributed by atoms with Crippen molar-refractivity contribution < 1.29 is 9.50 Å². The summed E-state index contributed by atoms with van der Waals surface area (Å²) < 4.78 is 13.5. The van der Waals surface area contributed by atoms with Crippen molar-refractivity contribution in [3.63, 3.8) is 0 Å². The van der Waals surface area contributed by atoms with Crippen molar-refractivity contribution >= 4 is 5.69 Å². The summed E-state index contributed by atoms with van der Waals surface area (Å²) in [5, 5.41) is 9.16. The number of hydrogen-bond donors (Lipinski definition) is 1. The van der Waals surface area contributed by atoms with E-state index in [1.165, 1.54) is 32.0 Å². The van der Waals surface area contributed by atoms with E-state index in [1.807, 2.05) is 6.07 Å². The van der Waals surface area contributed by atoms with E-state index in [9.17, 15) is 4.39 Å². The fraction of sp³-hybridized carbons (Fsp3) is 0.600. The summed E-state index contributed by atoms with van der Waals surface area (Å²) in [4.78, 5) is 4.80. The maximum Gasteiger partial charge on any atom is 0.125 e. The number of benzene rings is 1. The van der Waals surface area contributed by atoms with Crippen LogP contribution in [0.25, 0.3) is 0 Å². The maximum atomic E-state index is 13.5. The molecule has 2 aliphatic rings. The highest BCUT2D eigenvalue weighted by Crippen LogP contribution is 2.26. The van der Waals surface area contributed by atoms with E-state index >= 15 is 0 Å². The molecule has 0 bridgehead atoms. The molecule has 2 saturated heterocycles. The molecule has 3 nitrogen and oxygen atoms in total. The van der Waals surface area contributed by atoms with Crippen molar-refractivity contribution in [1.29, 1.82) is 0 Å². The standard InChI is InChI=1S/C15H21FN2O/c16-13-7-12(11-19)8-15(9-13)18-6-3-14(10-18)17-4-1-2-5-17/h7-9,14,19H,1-6,10-11H2. The summed E-state index contributed by atoms with van der Waals surface area (Å²) in [6, 6.07) is 5.49. The van der Waals surface area contributed by atoms with Gasteiger partial charge in [-0.3, -0.25) is 4.90 Å². The first-order valence-corrected chi connectivity index (χ1v) is 7.15. The van der Waals surface area contributed by atoms with Crippen LogP contribution >= 0.6 is 0 Å². The Bertz CT molecular complexity index is 446. The van der Waals surface area contributed by atoms with E-state index < -0.39 is 0 Å². The van der Waals surface area contributed by atoms with Gasteiger partial charge < -0.3 is 10.0 Å². The summed E-state index contributed by atoms with van der Waals surface area (Å²) in [5.74, 6) is -0.258. The summed E-state index contributed by atoms with van der Waals surface area (Å²) in [5.41, 5.74) is 1.56. The van der Waals surface area contributed by atoms with Crippen molar-refractivity contribution in [3.8, 4) is 0 Å². The van der Waals surface area contributed by atoms with Crippen LogP contribution in [0.15, 0.2) is 18.2 Å². The number of aliphatic hydroxyl groups is 1. The number of likely N-dealkylation sites (tertiary alicyclic amines) is 1. The van der Waals surface area contributed by atoms with Crippen LogP contribution in [0.3, 0.4) is 0 Å².